The number of pyridine rings is 1. The smallest absolute Gasteiger partial charge is 0.337 e. The quantitative estimate of drug-likeness (QED) is 0.822. The molecule has 2 aliphatic heterocycles. The Morgan fingerprint density at radius 2 is 2.21 bits per heavy atom. The number of cyclic esters (lactones) is 1. The molecule has 0 spiro atoms. The summed E-state index contributed by atoms with van der Waals surface area (Å²) in [5.41, 5.74) is 0.263. The molecule has 6 nitrogen and oxygen atoms in total. The Hall–Kier alpha value is -2.77. The molecule has 0 radical (unpaired) electrons. The number of nitrogens with zero attached hydrogens (tertiary/aromatic N) is 1. The summed E-state index contributed by atoms with van der Waals surface area (Å²) in [6.07, 6.45) is 0.348. The Balaban J connectivity index is 2.29. The Morgan fingerprint density at radius 1 is 1.50 bits per heavy atom. The number of allylic oxidation sites excluding steroid dienone is 1. The Labute approximate surface area is 135 Å². The van der Waals surface area contributed by atoms with Crippen LogP contribution < -0.4 is 5.32 Å². The molecule has 3 heterocycles. The van der Waals surface area contributed by atoms with Crippen LogP contribution in [0.5, 0.6) is 0 Å². The second-order valence-electron chi connectivity index (χ2n) is 5.61. The number of hydrogen-bond donors (Lipinski definition) is 2. The van der Waals surface area contributed by atoms with Crippen molar-refractivity contribution in [1.29, 1.82) is 0 Å². The molecule has 126 valence electrons. The van der Waals surface area contributed by atoms with Gasteiger partial charge in [-0.3, -0.25) is 4.98 Å². The molecule has 0 fully saturated rings. The number of nitrogens with one attached hydrogen (secondary N) is 1. The molecule has 2 atom stereocenters. The van der Waals surface area contributed by atoms with E-state index >= 15 is 0 Å². The summed E-state index contributed by atoms with van der Waals surface area (Å²) in [7, 11) is 0. The van der Waals surface area contributed by atoms with E-state index in [0.717, 1.165) is 13.1 Å². The highest BCUT2D eigenvalue weighted by Crippen LogP contribution is 2.43. The number of esters is 1. The van der Waals surface area contributed by atoms with Crippen LogP contribution in [0.3, 0.4) is 0 Å². The second-order valence-corrected chi connectivity index (χ2v) is 5.61. The SMILES string of the molecule is CC1=C(C(=O)O)[C@H](c2cncc(F)c2[C@@H](C)F)C2=C(COC2=O)N1. The minimum atomic E-state index is -1.70. The highest BCUT2D eigenvalue weighted by molar-refractivity contribution is 6.00. The van der Waals surface area contributed by atoms with Crippen molar-refractivity contribution in [3.63, 3.8) is 0 Å². The van der Waals surface area contributed by atoms with Gasteiger partial charge >= 0.3 is 11.9 Å². The van der Waals surface area contributed by atoms with Gasteiger partial charge in [-0.15, -0.1) is 0 Å². The monoisotopic (exact) mass is 336 g/mol. The molecule has 0 aliphatic carbocycles. The fourth-order valence-electron chi connectivity index (χ4n) is 3.17. The highest BCUT2D eigenvalue weighted by Gasteiger charge is 2.43. The van der Waals surface area contributed by atoms with Crippen LogP contribution >= 0.6 is 0 Å². The van der Waals surface area contributed by atoms with Gasteiger partial charge in [0, 0.05) is 17.5 Å². The third kappa shape index (κ3) is 2.34. The van der Waals surface area contributed by atoms with Gasteiger partial charge in [-0.25, -0.2) is 18.4 Å². The van der Waals surface area contributed by atoms with E-state index in [1.165, 1.54) is 13.1 Å². The Kier molecular flexibility index (Phi) is 3.82. The van der Waals surface area contributed by atoms with E-state index in [2.05, 4.69) is 10.3 Å². The number of halogens is 2. The summed E-state index contributed by atoms with van der Waals surface area (Å²) in [6, 6.07) is 0. The largest absolute Gasteiger partial charge is 0.478 e. The molecule has 0 saturated heterocycles. The average molecular weight is 336 g/mol. The fraction of sp³-hybridized carbons (Fsp3) is 0.312. The van der Waals surface area contributed by atoms with Crippen LogP contribution in [0.1, 0.15) is 37.1 Å². The van der Waals surface area contributed by atoms with E-state index in [-0.39, 0.29) is 34.6 Å². The summed E-state index contributed by atoms with van der Waals surface area (Å²) in [5.74, 6) is -4.05. The maximum absolute atomic E-state index is 14.1. The second kappa shape index (κ2) is 5.70. The Bertz CT molecular complexity index is 812. The number of dihydropyridines is 1. The lowest BCUT2D eigenvalue weighted by Crippen LogP contribution is -2.30. The molecule has 1 aromatic heterocycles. The molecule has 8 heteroatoms. The number of carbonyl (C=O) groups excluding carboxylic acids is 1. The third-order valence-corrected chi connectivity index (χ3v) is 4.12. The van der Waals surface area contributed by atoms with Crippen LogP contribution in [-0.4, -0.2) is 28.6 Å². The highest BCUT2D eigenvalue weighted by atomic mass is 19.1. The number of alkyl halides is 1. The number of aliphatic carboxylic acids is 1. The minimum Gasteiger partial charge on any atom is -0.478 e. The van der Waals surface area contributed by atoms with Crippen molar-refractivity contribution in [1.82, 2.24) is 10.3 Å². The van der Waals surface area contributed by atoms with Crippen molar-refractivity contribution in [3.05, 3.63) is 51.9 Å². The van der Waals surface area contributed by atoms with Crippen LogP contribution in [0.4, 0.5) is 8.78 Å². The molecule has 0 bridgehead atoms. The van der Waals surface area contributed by atoms with Crippen molar-refractivity contribution < 1.29 is 28.2 Å². The molecular formula is C16H14F2N2O4. The van der Waals surface area contributed by atoms with Crippen molar-refractivity contribution in [2.75, 3.05) is 6.61 Å². The van der Waals surface area contributed by atoms with E-state index in [1.807, 2.05) is 0 Å². The Morgan fingerprint density at radius 3 is 2.83 bits per heavy atom. The number of ether oxygens (including phenoxy) is 1. The van der Waals surface area contributed by atoms with Crippen LogP contribution in [0.2, 0.25) is 0 Å². The van der Waals surface area contributed by atoms with E-state index in [0.29, 0.717) is 5.70 Å². The molecule has 2 aliphatic rings. The first-order valence-electron chi connectivity index (χ1n) is 7.21. The maximum Gasteiger partial charge on any atom is 0.337 e. The molecule has 0 amide bonds. The van der Waals surface area contributed by atoms with Gasteiger partial charge in [0.1, 0.15) is 18.6 Å². The molecule has 2 N–H and O–H groups in total. The summed E-state index contributed by atoms with van der Waals surface area (Å²) >= 11 is 0. The first-order valence-corrected chi connectivity index (χ1v) is 7.21. The van der Waals surface area contributed by atoms with Gasteiger partial charge in [0.05, 0.1) is 29.0 Å². The zero-order valence-electron chi connectivity index (χ0n) is 12.9. The van der Waals surface area contributed by atoms with Crippen molar-refractivity contribution in [2.45, 2.75) is 25.9 Å². The summed E-state index contributed by atoms with van der Waals surface area (Å²) < 4.78 is 33.1. The topological polar surface area (TPSA) is 88.5 Å². The average Bonchev–Trinajstić information content (AvgIpc) is 2.85. The fourth-order valence-corrected chi connectivity index (χ4v) is 3.17. The van der Waals surface area contributed by atoms with Crippen molar-refractivity contribution in [3.8, 4) is 0 Å². The standard InChI is InChI=1S/C16H14F2N2O4/c1-6(17)11-8(3-19-4-9(11)18)13-12(15(21)22)7(2)20-10-5-24-16(23)14(10)13/h3-4,6,13,20H,5H2,1-2H3,(H,21,22)/t6-,13+/m1/s1. The normalized spacial score (nSPS) is 21.3. The van der Waals surface area contributed by atoms with Crippen LogP contribution in [0.25, 0.3) is 0 Å². The van der Waals surface area contributed by atoms with Crippen LogP contribution in [0, 0.1) is 5.82 Å². The summed E-state index contributed by atoms with van der Waals surface area (Å²) in [6.45, 7) is 2.62. The maximum atomic E-state index is 14.1. The lowest BCUT2D eigenvalue weighted by Gasteiger charge is -2.28. The molecule has 1 aromatic rings. The first kappa shape index (κ1) is 16.1. The van der Waals surface area contributed by atoms with Crippen molar-refractivity contribution >= 4 is 11.9 Å². The third-order valence-electron chi connectivity index (χ3n) is 4.12. The predicted octanol–water partition coefficient (Wildman–Crippen LogP) is 2.11. The van der Waals surface area contributed by atoms with Crippen molar-refractivity contribution in [2.24, 2.45) is 0 Å². The first-order chi connectivity index (χ1) is 11.3. The zero-order chi connectivity index (χ0) is 17.6. The summed E-state index contributed by atoms with van der Waals surface area (Å²) in [5, 5.41) is 12.4. The van der Waals surface area contributed by atoms with Crippen LogP contribution in [0.15, 0.2) is 34.9 Å². The molecule has 3 rings (SSSR count). The number of carbonyl (C=O) groups is 2. The number of carboxylic acids is 1. The van der Waals surface area contributed by atoms with Gasteiger partial charge in [0.2, 0.25) is 0 Å². The number of aromatic nitrogens is 1. The van der Waals surface area contributed by atoms with Crippen LogP contribution in [-0.2, 0) is 14.3 Å². The number of carboxylic acid groups (broad SMARTS) is 1. The van der Waals surface area contributed by atoms with Gasteiger partial charge in [-0.05, 0) is 19.4 Å². The molecule has 24 heavy (non-hydrogen) atoms. The van der Waals surface area contributed by atoms with Gasteiger partial charge in [-0.2, -0.15) is 0 Å². The zero-order valence-corrected chi connectivity index (χ0v) is 12.9. The van der Waals surface area contributed by atoms with E-state index in [9.17, 15) is 23.5 Å². The van der Waals surface area contributed by atoms with Gasteiger partial charge in [0.15, 0.2) is 0 Å². The van der Waals surface area contributed by atoms with Gasteiger partial charge < -0.3 is 15.2 Å². The van der Waals surface area contributed by atoms with Gasteiger partial charge in [-0.1, -0.05) is 0 Å². The summed E-state index contributed by atoms with van der Waals surface area (Å²) in [4.78, 5) is 27.5. The molecule has 0 saturated carbocycles. The minimum absolute atomic E-state index is 0.00889. The lowest BCUT2D eigenvalue weighted by atomic mass is 9.79. The van der Waals surface area contributed by atoms with E-state index in [1.54, 1.807) is 0 Å². The molecular weight excluding hydrogens is 322 g/mol. The van der Waals surface area contributed by atoms with Gasteiger partial charge in [0.25, 0.3) is 0 Å². The lowest BCUT2D eigenvalue weighted by molar-refractivity contribution is -0.136. The molecule has 0 aromatic carbocycles. The van der Waals surface area contributed by atoms with E-state index < -0.39 is 29.8 Å². The molecule has 0 unspecified atom stereocenters. The van der Waals surface area contributed by atoms with E-state index in [4.69, 9.17) is 4.74 Å². The number of hydrogen-bond acceptors (Lipinski definition) is 5. The predicted molar refractivity (Wildman–Crippen MR) is 77.9 cm³/mol. The number of rotatable bonds is 3.